The molecule has 124 valence electrons. The van der Waals surface area contributed by atoms with Gasteiger partial charge in [0.2, 0.25) is 0 Å². The third kappa shape index (κ3) is 6.52. The lowest BCUT2D eigenvalue weighted by molar-refractivity contribution is 0.128. The van der Waals surface area contributed by atoms with Gasteiger partial charge in [-0.15, -0.1) is 24.0 Å². The summed E-state index contributed by atoms with van der Waals surface area (Å²) in [7, 11) is 1.82. The molecule has 0 aromatic heterocycles. The van der Waals surface area contributed by atoms with Crippen LogP contribution in [0.4, 0.5) is 0 Å². The molecule has 0 unspecified atom stereocenters. The lowest BCUT2D eigenvalue weighted by Crippen LogP contribution is -2.40. The minimum Gasteiger partial charge on any atom is -0.382 e. The van der Waals surface area contributed by atoms with Crippen molar-refractivity contribution in [1.82, 2.24) is 10.6 Å². The topological polar surface area (TPSA) is 45.6 Å². The van der Waals surface area contributed by atoms with E-state index in [1.807, 2.05) is 20.0 Å². The van der Waals surface area contributed by atoms with Crippen molar-refractivity contribution in [3.63, 3.8) is 0 Å². The van der Waals surface area contributed by atoms with Crippen molar-refractivity contribution in [1.29, 1.82) is 0 Å². The summed E-state index contributed by atoms with van der Waals surface area (Å²) in [5.74, 6) is 0.876. The molecular weight excluding hydrogens is 389 g/mol. The van der Waals surface area contributed by atoms with Crippen molar-refractivity contribution in [2.45, 2.75) is 32.7 Å². The van der Waals surface area contributed by atoms with E-state index in [9.17, 15) is 0 Å². The first-order chi connectivity index (χ1) is 10.3. The van der Waals surface area contributed by atoms with Crippen molar-refractivity contribution in [3.05, 3.63) is 35.9 Å². The van der Waals surface area contributed by atoms with E-state index in [4.69, 9.17) is 4.74 Å². The highest BCUT2D eigenvalue weighted by Gasteiger charge is 2.41. The number of ether oxygens (including phenoxy) is 1. The third-order valence-electron chi connectivity index (χ3n) is 4.10. The second-order valence-corrected chi connectivity index (χ2v) is 5.71. The zero-order chi connectivity index (χ0) is 15.0. The fourth-order valence-corrected chi connectivity index (χ4v) is 2.40. The van der Waals surface area contributed by atoms with E-state index in [0.717, 1.165) is 38.7 Å². The molecule has 0 radical (unpaired) electrons. The highest BCUT2D eigenvalue weighted by molar-refractivity contribution is 14.0. The molecule has 1 saturated carbocycles. The smallest absolute Gasteiger partial charge is 0.191 e. The molecule has 0 aliphatic heterocycles. The molecule has 2 N–H and O–H groups in total. The quantitative estimate of drug-likeness (QED) is 0.296. The molecule has 0 amide bonds. The maximum absolute atomic E-state index is 5.47. The summed E-state index contributed by atoms with van der Waals surface area (Å²) in [6, 6.07) is 10.4. The Labute approximate surface area is 151 Å². The van der Waals surface area contributed by atoms with E-state index < -0.39 is 0 Å². The van der Waals surface area contributed by atoms with Crippen LogP contribution in [0.3, 0.4) is 0 Å². The predicted octanol–water partition coefficient (Wildman–Crippen LogP) is 3.18. The molecule has 1 aromatic rings. The van der Waals surface area contributed by atoms with Crippen molar-refractivity contribution in [3.8, 4) is 0 Å². The van der Waals surface area contributed by atoms with E-state index in [0.29, 0.717) is 5.41 Å². The van der Waals surface area contributed by atoms with E-state index in [2.05, 4.69) is 39.9 Å². The van der Waals surface area contributed by atoms with E-state index in [1.165, 1.54) is 18.4 Å². The number of nitrogens with zero attached hydrogens (tertiary/aromatic N) is 1. The van der Waals surface area contributed by atoms with Crippen LogP contribution in [0.1, 0.15) is 31.7 Å². The van der Waals surface area contributed by atoms with Gasteiger partial charge in [-0.1, -0.05) is 30.3 Å². The lowest BCUT2D eigenvalue weighted by Gasteiger charge is -2.18. The van der Waals surface area contributed by atoms with E-state index in [1.54, 1.807) is 0 Å². The molecular formula is C17H28IN3O. The number of guanidine groups is 1. The molecule has 0 heterocycles. The number of aliphatic imine (C=N–C) groups is 1. The maximum atomic E-state index is 5.47. The monoisotopic (exact) mass is 417 g/mol. The molecule has 22 heavy (non-hydrogen) atoms. The molecule has 1 aromatic carbocycles. The van der Waals surface area contributed by atoms with Crippen LogP contribution >= 0.6 is 24.0 Å². The number of hydrogen-bond acceptors (Lipinski definition) is 2. The zero-order valence-corrected chi connectivity index (χ0v) is 15.9. The Morgan fingerprint density at radius 2 is 1.95 bits per heavy atom. The summed E-state index contributed by atoms with van der Waals surface area (Å²) in [4.78, 5) is 4.29. The van der Waals surface area contributed by atoms with Crippen molar-refractivity contribution in [2.24, 2.45) is 10.4 Å². The number of nitrogens with one attached hydrogen (secondary N) is 2. The summed E-state index contributed by atoms with van der Waals surface area (Å²) < 4.78 is 5.47. The Hall–Kier alpha value is -0.820. The largest absolute Gasteiger partial charge is 0.382 e. The van der Waals surface area contributed by atoms with Gasteiger partial charge in [-0.3, -0.25) is 4.99 Å². The standard InChI is InChI=1S/C17H27N3O.HI/c1-3-21-12-11-17(9-10-17)14-20-16(18-2)19-13-15-7-5-4-6-8-15;/h4-8H,3,9-14H2,1-2H3,(H2,18,19,20);1H. The Morgan fingerprint density at radius 3 is 2.55 bits per heavy atom. The molecule has 0 spiro atoms. The maximum Gasteiger partial charge on any atom is 0.191 e. The first kappa shape index (κ1) is 19.2. The van der Waals surface area contributed by atoms with Gasteiger partial charge in [-0.25, -0.2) is 0 Å². The second-order valence-electron chi connectivity index (χ2n) is 5.71. The van der Waals surface area contributed by atoms with Crippen molar-refractivity contribution in [2.75, 3.05) is 26.8 Å². The highest BCUT2D eigenvalue weighted by atomic mass is 127. The van der Waals surface area contributed by atoms with Gasteiger partial charge in [0.25, 0.3) is 0 Å². The van der Waals surface area contributed by atoms with Crippen LogP contribution in [0.2, 0.25) is 0 Å². The Bertz CT molecular complexity index is 446. The molecule has 1 aliphatic carbocycles. The van der Waals surface area contributed by atoms with Gasteiger partial charge in [0.05, 0.1) is 0 Å². The molecule has 1 aliphatic rings. The summed E-state index contributed by atoms with van der Waals surface area (Å²) >= 11 is 0. The van der Waals surface area contributed by atoms with Gasteiger partial charge >= 0.3 is 0 Å². The van der Waals surface area contributed by atoms with Gasteiger partial charge < -0.3 is 15.4 Å². The fourth-order valence-electron chi connectivity index (χ4n) is 2.40. The van der Waals surface area contributed by atoms with Crippen LogP contribution in [-0.2, 0) is 11.3 Å². The van der Waals surface area contributed by atoms with Gasteiger partial charge in [0, 0.05) is 33.4 Å². The number of rotatable bonds is 8. The number of hydrogen-bond donors (Lipinski definition) is 2. The molecule has 0 saturated heterocycles. The highest BCUT2D eigenvalue weighted by Crippen LogP contribution is 2.48. The average Bonchev–Trinajstić information content (AvgIpc) is 3.29. The Kier molecular flexibility index (Phi) is 8.78. The lowest BCUT2D eigenvalue weighted by atomic mass is 10.0. The summed E-state index contributed by atoms with van der Waals surface area (Å²) in [5, 5.41) is 6.81. The summed E-state index contributed by atoms with van der Waals surface area (Å²) in [6.07, 6.45) is 3.73. The molecule has 4 nitrogen and oxygen atoms in total. The molecule has 2 rings (SSSR count). The minimum atomic E-state index is 0. The van der Waals surface area contributed by atoms with Gasteiger partial charge in [-0.05, 0) is 37.2 Å². The van der Waals surface area contributed by atoms with Crippen LogP contribution in [0.5, 0.6) is 0 Å². The first-order valence-corrected chi connectivity index (χ1v) is 7.84. The van der Waals surface area contributed by atoms with Crippen LogP contribution in [-0.4, -0.2) is 32.8 Å². The third-order valence-corrected chi connectivity index (χ3v) is 4.10. The summed E-state index contributed by atoms with van der Waals surface area (Å²) in [5.41, 5.74) is 1.69. The molecule has 0 bridgehead atoms. The van der Waals surface area contributed by atoms with E-state index >= 15 is 0 Å². The molecule has 5 heteroatoms. The normalized spacial score (nSPS) is 15.8. The Balaban J connectivity index is 0.00000242. The Morgan fingerprint density at radius 1 is 1.23 bits per heavy atom. The fraction of sp³-hybridized carbons (Fsp3) is 0.588. The average molecular weight is 417 g/mol. The SMILES string of the molecule is CCOCCC1(CNC(=NC)NCc2ccccc2)CC1.I. The van der Waals surface area contributed by atoms with Gasteiger partial charge in [0.1, 0.15) is 0 Å². The van der Waals surface area contributed by atoms with Crippen molar-refractivity contribution < 1.29 is 4.74 Å². The van der Waals surface area contributed by atoms with E-state index in [-0.39, 0.29) is 24.0 Å². The van der Waals surface area contributed by atoms with Crippen LogP contribution < -0.4 is 10.6 Å². The second kappa shape index (κ2) is 10.0. The molecule has 1 fully saturated rings. The van der Waals surface area contributed by atoms with Gasteiger partial charge in [-0.2, -0.15) is 0 Å². The molecule has 0 atom stereocenters. The predicted molar refractivity (Wildman–Crippen MR) is 103 cm³/mol. The van der Waals surface area contributed by atoms with Gasteiger partial charge in [0.15, 0.2) is 5.96 Å². The van der Waals surface area contributed by atoms with Crippen LogP contribution in [0, 0.1) is 5.41 Å². The number of halogens is 1. The minimum absolute atomic E-state index is 0. The first-order valence-electron chi connectivity index (χ1n) is 7.84. The van der Waals surface area contributed by atoms with Crippen LogP contribution in [0.15, 0.2) is 35.3 Å². The summed E-state index contributed by atoms with van der Waals surface area (Å²) in [6.45, 7) is 5.51. The number of benzene rings is 1. The van der Waals surface area contributed by atoms with Crippen LogP contribution in [0.25, 0.3) is 0 Å². The van der Waals surface area contributed by atoms with Crippen molar-refractivity contribution >= 4 is 29.9 Å². The zero-order valence-electron chi connectivity index (χ0n) is 13.6.